The Balaban J connectivity index is 1.80. The van der Waals surface area contributed by atoms with E-state index in [0.29, 0.717) is 15.7 Å². The summed E-state index contributed by atoms with van der Waals surface area (Å²) >= 11 is 11.2. The van der Waals surface area contributed by atoms with Crippen LogP contribution in [-0.4, -0.2) is 14.8 Å². The highest BCUT2D eigenvalue weighted by atomic mass is 35.5. The van der Waals surface area contributed by atoms with Crippen molar-refractivity contribution >= 4 is 36.0 Å². The van der Waals surface area contributed by atoms with Crippen molar-refractivity contribution in [1.29, 1.82) is 5.26 Å². The maximum atomic E-state index is 14.7. The minimum Gasteiger partial charge on any atom is -0.354 e. The Hall–Kier alpha value is -2.12. The van der Waals surface area contributed by atoms with Crippen LogP contribution in [0.1, 0.15) is 17.2 Å². The second-order valence-corrected chi connectivity index (χ2v) is 7.64. The summed E-state index contributed by atoms with van der Waals surface area (Å²) in [5, 5.41) is 16.0. The lowest BCUT2D eigenvalue weighted by molar-refractivity contribution is 0.250. The number of hydrogen-bond donors (Lipinski definition) is 1. The lowest BCUT2D eigenvalue weighted by Crippen LogP contribution is -2.22. The van der Waals surface area contributed by atoms with Gasteiger partial charge in [-0.05, 0) is 12.1 Å². The Bertz CT molecular complexity index is 1100. The number of nitrogens with zero attached hydrogens (tertiary/aromatic N) is 4. The lowest BCUT2D eigenvalue weighted by Gasteiger charge is -2.16. The van der Waals surface area contributed by atoms with Crippen molar-refractivity contribution in [1.82, 2.24) is 14.8 Å². The largest absolute Gasteiger partial charge is 0.354 e. The molecule has 1 aliphatic rings. The van der Waals surface area contributed by atoms with E-state index in [9.17, 15) is 8.78 Å². The average molecular weight is 437 g/mol. The van der Waals surface area contributed by atoms with E-state index in [1.54, 1.807) is 24.3 Å². The number of halogens is 3. The van der Waals surface area contributed by atoms with E-state index in [1.165, 1.54) is 16.8 Å². The Morgan fingerprint density at radius 2 is 2.11 bits per heavy atom. The van der Waals surface area contributed by atoms with Crippen molar-refractivity contribution in [2.45, 2.75) is 28.6 Å². The molecule has 5 nitrogen and oxygen atoms in total. The van der Waals surface area contributed by atoms with Gasteiger partial charge in [0.05, 0.1) is 6.54 Å². The zero-order chi connectivity index (χ0) is 19.9. The van der Waals surface area contributed by atoms with Crippen LogP contribution in [0.3, 0.4) is 0 Å². The van der Waals surface area contributed by atoms with Gasteiger partial charge in [-0.25, -0.2) is 13.5 Å². The van der Waals surface area contributed by atoms with Crippen molar-refractivity contribution < 1.29 is 13.5 Å². The number of rotatable bonds is 5. The van der Waals surface area contributed by atoms with Gasteiger partial charge in [-0.15, -0.1) is 17.7 Å². The Morgan fingerprint density at radius 1 is 1.32 bits per heavy atom. The molecule has 0 unspecified atom stereocenters. The van der Waals surface area contributed by atoms with Crippen LogP contribution in [-0.2, 0) is 16.9 Å². The molecule has 1 aliphatic heterocycles. The predicted octanol–water partition coefficient (Wildman–Crippen LogP) is 4.74. The third-order valence-electron chi connectivity index (χ3n) is 4.42. The molecular weight excluding hydrogens is 426 g/mol. The summed E-state index contributed by atoms with van der Waals surface area (Å²) in [6.07, 6.45) is -0.575. The Labute approximate surface area is 173 Å². The molecule has 0 N–H and O–H groups in total. The smallest absolute Gasteiger partial charge is 0.206 e. The van der Waals surface area contributed by atoms with Crippen LogP contribution in [0.15, 0.2) is 52.8 Å². The van der Waals surface area contributed by atoms with Gasteiger partial charge in [-0.1, -0.05) is 35.9 Å². The first-order valence-corrected chi connectivity index (χ1v) is 9.66. The van der Waals surface area contributed by atoms with Gasteiger partial charge >= 0.3 is 0 Å². The molecular formula is C18H11ClF2N4OS2. The maximum Gasteiger partial charge on any atom is 0.206 e. The first-order valence-electron chi connectivity index (χ1n) is 8.02. The lowest BCUT2D eigenvalue weighted by atomic mass is 9.91. The number of ether oxygens (including phenoxy) is 1. The van der Waals surface area contributed by atoms with E-state index in [4.69, 9.17) is 21.6 Å². The molecule has 142 valence electrons. The minimum atomic E-state index is -1.18. The van der Waals surface area contributed by atoms with E-state index in [2.05, 4.69) is 22.7 Å². The fourth-order valence-corrected chi connectivity index (χ4v) is 4.11. The van der Waals surface area contributed by atoms with Crippen molar-refractivity contribution in [3.8, 4) is 5.40 Å². The van der Waals surface area contributed by atoms with Gasteiger partial charge in [0, 0.05) is 34.0 Å². The molecule has 1 aromatic heterocycles. The van der Waals surface area contributed by atoms with Gasteiger partial charge in [-0.3, -0.25) is 0 Å². The van der Waals surface area contributed by atoms with Crippen LogP contribution < -0.4 is 0 Å². The summed E-state index contributed by atoms with van der Waals surface area (Å²) in [4.78, 5) is 4.08. The van der Waals surface area contributed by atoms with Gasteiger partial charge < -0.3 is 4.74 Å². The monoisotopic (exact) mass is 436 g/mol. The number of thiol groups is 1. The van der Waals surface area contributed by atoms with Crippen molar-refractivity contribution in [3.63, 3.8) is 0 Å². The normalized spacial score (nSPS) is 20.8. The summed E-state index contributed by atoms with van der Waals surface area (Å²) < 4.78 is 35.5. The first kappa shape index (κ1) is 19.2. The standard InChI is InChI=1S/C18H11ClF2N4OS2/c19-13-4-2-1-3-11(13)15-18(26-15,12-6-5-10(20)7-14(12)21)8-25-17(28-9-22)23-16(27)24-25/h1-7,15H,8H2,(H,24,27)/t15-,18-/m0/s1. The zero-order valence-corrected chi connectivity index (χ0v) is 16.5. The third-order valence-corrected chi connectivity index (χ3v) is 5.53. The van der Waals surface area contributed by atoms with Crippen LogP contribution >= 0.6 is 36.0 Å². The maximum absolute atomic E-state index is 14.7. The molecule has 0 amide bonds. The summed E-state index contributed by atoms with van der Waals surface area (Å²) in [7, 11) is 0. The topological polar surface area (TPSA) is 67.0 Å². The van der Waals surface area contributed by atoms with Crippen molar-refractivity contribution in [2.75, 3.05) is 0 Å². The molecule has 4 rings (SSSR count). The highest BCUT2D eigenvalue weighted by Crippen LogP contribution is 2.59. The zero-order valence-electron chi connectivity index (χ0n) is 14.0. The van der Waals surface area contributed by atoms with E-state index in [-0.39, 0.29) is 17.3 Å². The molecule has 10 heteroatoms. The van der Waals surface area contributed by atoms with Crippen LogP contribution in [0, 0.1) is 22.3 Å². The molecule has 0 saturated carbocycles. The predicted molar refractivity (Wildman–Crippen MR) is 102 cm³/mol. The Morgan fingerprint density at radius 3 is 2.82 bits per heavy atom. The SMILES string of the molecule is N#CSc1nc(S)nn1C[C@@]1(c2ccc(F)cc2F)O[C@H]1c1ccccc1Cl. The molecule has 0 bridgehead atoms. The van der Waals surface area contributed by atoms with Gasteiger partial charge in [0.1, 0.15) is 28.7 Å². The first-order chi connectivity index (χ1) is 13.4. The van der Waals surface area contributed by atoms with E-state index in [1.807, 2.05) is 5.40 Å². The average Bonchev–Trinajstić information content (AvgIpc) is 3.24. The molecule has 1 saturated heterocycles. The van der Waals surface area contributed by atoms with Crippen LogP contribution in [0.4, 0.5) is 8.78 Å². The highest BCUT2D eigenvalue weighted by molar-refractivity contribution is 8.03. The fourth-order valence-electron chi connectivity index (χ4n) is 3.18. The van der Waals surface area contributed by atoms with Gasteiger partial charge in [0.15, 0.2) is 0 Å². The van der Waals surface area contributed by atoms with Gasteiger partial charge in [0.2, 0.25) is 10.3 Å². The van der Waals surface area contributed by atoms with Crippen LogP contribution in [0.2, 0.25) is 5.02 Å². The molecule has 0 spiro atoms. The molecule has 1 fully saturated rings. The van der Waals surface area contributed by atoms with E-state index < -0.39 is 23.3 Å². The number of benzene rings is 2. The molecule has 0 radical (unpaired) electrons. The quantitative estimate of drug-likeness (QED) is 0.271. The molecule has 28 heavy (non-hydrogen) atoms. The van der Waals surface area contributed by atoms with Gasteiger partial charge in [-0.2, -0.15) is 10.2 Å². The highest BCUT2D eigenvalue weighted by Gasteiger charge is 2.61. The number of aromatic nitrogens is 3. The van der Waals surface area contributed by atoms with Crippen LogP contribution in [0.5, 0.6) is 0 Å². The summed E-state index contributed by atoms with van der Waals surface area (Å²) in [6, 6.07) is 10.4. The summed E-state index contributed by atoms with van der Waals surface area (Å²) in [6.45, 7) is 0.0447. The van der Waals surface area contributed by atoms with Crippen LogP contribution in [0.25, 0.3) is 0 Å². The molecule has 2 atom stereocenters. The molecule has 2 aromatic carbocycles. The number of thioether (sulfide) groups is 1. The third kappa shape index (κ3) is 3.37. The summed E-state index contributed by atoms with van der Waals surface area (Å²) in [5.41, 5.74) is -0.335. The second kappa shape index (κ2) is 7.37. The van der Waals surface area contributed by atoms with Crippen molar-refractivity contribution in [2.24, 2.45) is 0 Å². The number of nitriles is 1. The van der Waals surface area contributed by atoms with Crippen molar-refractivity contribution in [3.05, 3.63) is 70.2 Å². The molecule has 3 aromatic rings. The molecule has 0 aliphatic carbocycles. The van der Waals surface area contributed by atoms with E-state index in [0.717, 1.165) is 17.8 Å². The number of hydrogen-bond acceptors (Lipinski definition) is 6. The number of epoxide rings is 1. The Kier molecular flexibility index (Phi) is 5.05. The van der Waals surface area contributed by atoms with E-state index >= 15 is 0 Å². The van der Waals surface area contributed by atoms with Gasteiger partial charge in [0.25, 0.3) is 0 Å². The second-order valence-electron chi connectivity index (χ2n) is 6.08. The molecule has 2 heterocycles. The number of thiocyanates is 1. The minimum absolute atomic E-state index is 0.0447. The fraction of sp³-hybridized carbons (Fsp3) is 0.167. The summed E-state index contributed by atoms with van der Waals surface area (Å²) in [5.74, 6) is -1.43.